The zero-order valence-electron chi connectivity index (χ0n) is 19.3. The number of nitrogens with zero attached hydrogens (tertiary/aromatic N) is 2. The van der Waals surface area contributed by atoms with Crippen LogP contribution in [-0.2, 0) is 25.9 Å². The Morgan fingerprint density at radius 1 is 0.567 bits per heavy atom. The predicted octanol–water partition coefficient (Wildman–Crippen LogP) is 5.97. The Kier molecular flexibility index (Phi) is 11.3. The van der Waals surface area contributed by atoms with E-state index in [2.05, 4.69) is 47.5 Å². The minimum Gasteiger partial charge on any atom is -0.334 e. The lowest BCUT2D eigenvalue weighted by Crippen LogP contribution is -2.19. The molecule has 0 radical (unpaired) electrons. The van der Waals surface area contributed by atoms with Gasteiger partial charge in [-0.25, -0.2) is 0 Å². The Morgan fingerprint density at radius 2 is 0.900 bits per heavy atom. The highest BCUT2D eigenvalue weighted by atomic mass is 15.0. The number of hydrogen-bond donors (Lipinski definition) is 2. The maximum Gasteiger partial charge on any atom is 0.124 e. The van der Waals surface area contributed by atoms with Crippen molar-refractivity contribution in [1.82, 2.24) is 9.13 Å². The fraction of sp³-hybridized carbons (Fsp3) is 0.615. The summed E-state index contributed by atoms with van der Waals surface area (Å²) < 4.78 is 4.14. The van der Waals surface area contributed by atoms with Gasteiger partial charge in [0.15, 0.2) is 0 Å². The van der Waals surface area contributed by atoms with Gasteiger partial charge in [-0.05, 0) is 61.1 Å². The fourth-order valence-electron chi connectivity index (χ4n) is 3.95. The van der Waals surface area contributed by atoms with E-state index in [0.29, 0.717) is 11.0 Å². The number of hydrogen-bond acceptors (Lipinski definition) is 2. The molecule has 4 nitrogen and oxygen atoms in total. The Labute approximate surface area is 183 Å². The van der Waals surface area contributed by atoms with E-state index in [4.69, 9.17) is 10.8 Å². The zero-order chi connectivity index (χ0) is 21.6. The van der Waals surface area contributed by atoms with E-state index in [1.165, 1.54) is 75.3 Å². The molecule has 0 aliphatic carbocycles. The molecule has 0 saturated carbocycles. The van der Waals surface area contributed by atoms with Crippen molar-refractivity contribution in [3.8, 4) is 0 Å². The third-order valence-electron chi connectivity index (χ3n) is 6.06. The minimum atomic E-state index is 0.643. The number of pyridine rings is 2. The van der Waals surface area contributed by atoms with Crippen molar-refractivity contribution in [1.29, 1.82) is 10.8 Å². The first-order valence-electron chi connectivity index (χ1n) is 12.1. The van der Waals surface area contributed by atoms with Gasteiger partial charge in [0, 0.05) is 25.5 Å². The van der Waals surface area contributed by atoms with Crippen LogP contribution in [0.15, 0.2) is 36.7 Å². The maximum absolute atomic E-state index is 8.08. The van der Waals surface area contributed by atoms with Gasteiger partial charge in [-0.2, -0.15) is 0 Å². The van der Waals surface area contributed by atoms with Crippen LogP contribution >= 0.6 is 0 Å². The number of unbranched alkanes of at least 4 members (excludes halogenated alkanes) is 9. The molecule has 0 aromatic carbocycles. The number of rotatable bonds is 15. The Bertz CT molecular complexity index is 775. The Hall–Kier alpha value is -2.10. The van der Waals surface area contributed by atoms with Crippen molar-refractivity contribution >= 4 is 0 Å². The summed E-state index contributed by atoms with van der Waals surface area (Å²) >= 11 is 0. The van der Waals surface area contributed by atoms with Crippen molar-refractivity contribution in [2.24, 2.45) is 0 Å². The summed E-state index contributed by atoms with van der Waals surface area (Å²) in [4.78, 5) is 0. The molecule has 2 heterocycles. The van der Waals surface area contributed by atoms with Crippen molar-refractivity contribution in [2.45, 2.75) is 104 Å². The van der Waals surface area contributed by atoms with Gasteiger partial charge in [-0.1, -0.05) is 65.2 Å². The quantitative estimate of drug-likeness (QED) is 0.340. The fourth-order valence-corrected chi connectivity index (χ4v) is 3.95. The molecule has 0 spiro atoms. The van der Waals surface area contributed by atoms with Gasteiger partial charge in [0.05, 0.1) is 0 Å². The van der Waals surface area contributed by atoms with Crippen molar-refractivity contribution in [2.75, 3.05) is 0 Å². The first kappa shape index (κ1) is 24.2. The van der Waals surface area contributed by atoms with Crippen LogP contribution in [0.1, 0.15) is 89.2 Å². The van der Waals surface area contributed by atoms with Crippen LogP contribution in [0, 0.1) is 10.8 Å². The molecule has 0 saturated heterocycles. The molecule has 0 amide bonds. The standard InChI is InChI=1S/C26H42N4/c1-3-23-15-19-29(25(27)21-23)17-13-11-9-7-5-6-8-10-12-14-18-30-20-16-24(4-2)22-26(30)28/h15-16,19-22,27-28H,3-14,17-18H2,1-2H3. The third-order valence-corrected chi connectivity index (χ3v) is 6.06. The second-order valence-electron chi connectivity index (χ2n) is 8.47. The zero-order valence-corrected chi connectivity index (χ0v) is 19.3. The molecule has 30 heavy (non-hydrogen) atoms. The molecule has 0 unspecified atom stereocenters. The molecule has 0 fully saturated rings. The third kappa shape index (κ3) is 8.73. The van der Waals surface area contributed by atoms with Gasteiger partial charge in [0.1, 0.15) is 11.0 Å². The molecule has 2 N–H and O–H groups in total. The van der Waals surface area contributed by atoms with E-state index in [1.54, 1.807) is 0 Å². The van der Waals surface area contributed by atoms with E-state index < -0.39 is 0 Å². The Balaban J connectivity index is 1.43. The highest BCUT2D eigenvalue weighted by Gasteiger charge is 1.98. The summed E-state index contributed by atoms with van der Waals surface area (Å²) in [5.41, 5.74) is 3.79. The first-order chi connectivity index (χ1) is 14.6. The SMILES string of the molecule is CCc1ccn(CCCCCCCCCCCCn2ccc(CC)cc2=N)c(=N)c1. The van der Waals surface area contributed by atoms with Crippen LogP contribution in [-0.4, -0.2) is 9.13 Å². The second-order valence-corrected chi connectivity index (χ2v) is 8.47. The largest absolute Gasteiger partial charge is 0.334 e. The maximum atomic E-state index is 8.08. The van der Waals surface area contributed by atoms with Crippen LogP contribution in [0.2, 0.25) is 0 Å². The van der Waals surface area contributed by atoms with Crippen LogP contribution in [0.4, 0.5) is 0 Å². The van der Waals surface area contributed by atoms with Crippen molar-refractivity contribution in [3.63, 3.8) is 0 Å². The summed E-state index contributed by atoms with van der Waals surface area (Å²) in [5.74, 6) is 0. The lowest BCUT2D eigenvalue weighted by atomic mass is 10.1. The molecular weight excluding hydrogens is 368 g/mol. The molecular formula is C26H42N4. The molecule has 0 aliphatic rings. The average Bonchev–Trinajstić information content (AvgIpc) is 2.76. The molecule has 0 aliphatic heterocycles. The smallest absolute Gasteiger partial charge is 0.124 e. The van der Waals surface area contributed by atoms with E-state index >= 15 is 0 Å². The monoisotopic (exact) mass is 410 g/mol. The summed E-state index contributed by atoms with van der Waals surface area (Å²) in [6, 6.07) is 8.27. The summed E-state index contributed by atoms with van der Waals surface area (Å²) in [6.45, 7) is 6.22. The van der Waals surface area contributed by atoms with E-state index in [0.717, 1.165) is 25.9 Å². The summed E-state index contributed by atoms with van der Waals surface area (Å²) in [5, 5.41) is 16.2. The predicted molar refractivity (Wildman–Crippen MR) is 125 cm³/mol. The van der Waals surface area contributed by atoms with Gasteiger partial charge >= 0.3 is 0 Å². The van der Waals surface area contributed by atoms with E-state index in [9.17, 15) is 0 Å². The summed E-state index contributed by atoms with van der Waals surface area (Å²) in [6.07, 6.45) is 19.1. The van der Waals surface area contributed by atoms with Crippen LogP contribution < -0.4 is 11.0 Å². The van der Waals surface area contributed by atoms with Crippen LogP contribution in [0.5, 0.6) is 0 Å². The van der Waals surface area contributed by atoms with Gasteiger partial charge in [0.25, 0.3) is 0 Å². The van der Waals surface area contributed by atoms with Crippen molar-refractivity contribution < 1.29 is 0 Å². The number of nitrogens with one attached hydrogen (secondary N) is 2. The Morgan fingerprint density at radius 3 is 1.20 bits per heavy atom. The van der Waals surface area contributed by atoms with Gasteiger partial charge in [-0.3, -0.25) is 10.8 Å². The molecule has 0 bridgehead atoms. The molecule has 0 atom stereocenters. The molecule has 2 aromatic heterocycles. The van der Waals surface area contributed by atoms with E-state index in [-0.39, 0.29) is 0 Å². The average molecular weight is 411 g/mol. The highest BCUT2D eigenvalue weighted by molar-refractivity contribution is 5.10. The minimum absolute atomic E-state index is 0.643. The number of aryl methyl sites for hydroxylation is 4. The normalized spacial score (nSPS) is 11.1. The van der Waals surface area contributed by atoms with Gasteiger partial charge < -0.3 is 9.13 Å². The molecule has 2 rings (SSSR count). The molecule has 4 heteroatoms. The van der Waals surface area contributed by atoms with E-state index in [1.807, 2.05) is 12.1 Å². The van der Waals surface area contributed by atoms with Crippen LogP contribution in [0.3, 0.4) is 0 Å². The lowest BCUT2D eigenvalue weighted by Gasteiger charge is -2.08. The van der Waals surface area contributed by atoms with Gasteiger partial charge in [0.2, 0.25) is 0 Å². The van der Waals surface area contributed by atoms with Crippen LogP contribution in [0.25, 0.3) is 0 Å². The second kappa shape index (κ2) is 14.0. The first-order valence-corrected chi connectivity index (χ1v) is 12.1. The number of aromatic nitrogens is 2. The van der Waals surface area contributed by atoms with Gasteiger partial charge in [-0.15, -0.1) is 0 Å². The topological polar surface area (TPSA) is 57.6 Å². The highest BCUT2D eigenvalue weighted by Crippen LogP contribution is 2.11. The van der Waals surface area contributed by atoms with Crippen molar-refractivity contribution in [3.05, 3.63) is 58.8 Å². The molecule has 2 aromatic rings. The molecule has 166 valence electrons. The summed E-state index contributed by atoms with van der Waals surface area (Å²) in [7, 11) is 0. The lowest BCUT2D eigenvalue weighted by molar-refractivity contribution is 0.513.